The molecule has 0 aliphatic carbocycles. The number of carbonyl (C=O) groups excluding carboxylic acids is 1. The third kappa shape index (κ3) is 5.94. The first kappa shape index (κ1) is 27.5. The third-order valence-electron chi connectivity index (χ3n) is 6.49. The summed E-state index contributed by atoms with van der Waals surface area (Å²) in [4.78, 5) is 14.7. The number of likely N-dealkylation sites (tertiary alicyclic amines) is 1. The van der Waals surface area contributed by atoms with E-state index >= 15 is 0 Å². The highest BCUT2D eigenvalue weighted by atomic mass is 32.2. The van der Waals surface area contributed by atoms with Gasteiger partial charge >= 0.3 is 0 Å². The maximum Gasteiger partial charge on any atom is 0.261 e. The molecule has 1 aliphatic heterocycles. The zero-order valence-electron chi connectivity index (χ0n) is 21.5. The summed E-state index contributed by atoms with van der Waals surface area (Å²) in [5.74, 6) is 0.0232. The predicted octanol–water partition coefficient (Wildman–Crippen LogP) is 4.54. The molecule has 38 heavy (non-hydrogen) atoms. The van der Waals surface area contributed by atoms with E-state index in [-0.39, 0.29) is 26.9 Å². The van der Waals surface area contributed by atoms with Crippen LogP contribution in [-0.2, 0) is 20.0 Å². The van der Waals surface area contributed by atoms with Gasteiger partial charge in [0.1, 0.15) is 5.75 Å². The number of methoxy groups -OCH3 is 1. The highest BCUT2D eigenvalue weighted by Gasteiger charge is 2.25. The van der Waals surface area contributed by atoms with Crippen LogP contribution in [0, 0.1) is 13.8 Å². The van der Waals surface area contributed by atoms with Crippen molar-refractivity contribution < 1.29 is 26.4 Å². The molecule has 2 N–H and O–H groups in total. The summed E-state index contributed by atoms with van der Waals surface area (Å²) >= 11 is 0. The molecule has 0 saturated carbocycles. The minimum atomic E-state index is -4.07. The fraction of sp³-hybridized carbons (Fsp3) is 0.296. The molecular formula is C27H31N3O6S2. The number of carbonyl (C=O) groups is 1. The molecule has 9 nitrogen and oxygen atoms in total. The van der Waals surface area contributed by atoms with E-state index in [2.05, 4.69) is 9.44 Å². The molecular weight excluding hydrogens is 526 g/mol. The second kappa shape index (κ2) is 11.0. The van der Waals surface area contributed by atoms with Crippen molar-refractivity contribution in [2.75, 3.05) is 29.6 Å². The van der Waals surface area contributed by atoms with Gasteiger partial charge in [-0.15, -0.1) is 0 Å². The van der Waals surface area contributed by atoms with Crippen LogP contribution in [0.2, 0.25) is 0 Å². The monoisotopic (exact) mass is 557 g/mol. The highest BCUT2D eigenvalue weighted by Crippen LogP contribution is 2.28. The van der Waals surface area contributed by atoms with E-state index < -0.39 is 20.0 Å². The highest BCUT2D eigenvalue weighted by molar-refractivity contribution is 7.93. The number of ether oxygens (including phenoxy) is 1. The Bertz CT molecular complexity index is 1530. The van der Waals surface area contributed by atoms with Gasteiger partial charge in [0, 0.05) is 18.8 Å². The number of nitrogens with zero attached hydrogens (tertiary/aromatic N) is 1. The summed E-state index contributed by atoms with van der Waals surface area (Å²) in [6.45, 7) is 4.86. The first-order valence-electron chi connectivity index (χ1n) is 12.2. The normalized spacial score (nSPS) is 14.1. The van der Waals surface area contributed by atoms with E-state index in [4.69, 9.17) is 4.74 Å². The molecule has 202 valence electrons. The lowest BCUT2D eigenvalue weighted by atomic mass is 10.1. The van der Waals surface area contributed by atoms with Crippen molar-refractivity contribution in [2.45, 2.75) is 42.9 Å². The van der Waals surface area contributed by atoms with E-state index in [9.17, 15) is 21.6 Å². The number of rotatable bonds is 8. The van der Waals surface area contributed by atoms with Crippen molar-refractivity contribution in [1.29, 1.82) is 0 Å². The molecule has 0 atom stereocenters. The van der Waals surface area contributed by atoms with Gasteiger partial charge < -0.3 is 9.64 Å². The van der Waals surface area contributed by atoms with Crippen molar-refractivity contribution in [1.82, 2.24) is 4.90 Å². The van der Waals surface area contributed by atoms with Crippen LogP contribution in [0.3, 0.4) is 0 Å². The van der Waals surface area contributed by atoms with E-state index in [1.54, 1.807) is 4.90 Å². The Morgan fingerprint density at radius 3 is 1.97 bits per heavy atom. The minimum absolute atomic E-state index is 0.0121. The van der Waals surface area contributed by atoms with E-state index in [0.717, 1.165) is 30.4 Å². The van der Waals surface area contributed by atoms with Crippen LogP contribution in [-0.4, -0.2) is 47.8 Å². The summed E-state index contributed by atoms with van der Waals surface area (Å²) in [5.41, 5.74) is 2.44. The van der Waals surface area contributed by atoms with Gasteiger partial charge in [0.05, 0.1) is 28.2 Å². The topological polar surface area (TPSA) is 122 Å². The molecule has 3 aromatic rings. The molecule has 1 heterocycles. The number of benzene rings is 3. The second-order valence-electron chi connectivity index (χ2n) is 9.22. The maximum absolute atomic E-state index is 13.1. The lowest BCUT2D eigenvalue weighted by Crippen LogP contribution is -2.35. The molecule has 0 radical (unpaired) electrons. The standard InChI is InChI=1S/C27H31N3O6S2/c1-19-8-7-9-20(2)26(19)29-37(32,33)22-12-10-21(11-13-22)28-38(34,35)23-14-15-25(36-3)24(18-23)27(31)30-16-5-4-6-17-30/h7-15,18,28-29H,4-6,16-17H2,1-3H3. The molecule has 0 aromatic heterocycles. The van der Waals surface area contributed by atoms with Crippen molar-refractivity contribution in [3.8, 4) is 5.75 Å². The van der Waals surface area contributed by atoms with Crippen LogP contribution in [0.4, 0.5) is 11.4 Å². The van der Waals surface area contributed by atoms with Crippen LogP contribution in [0.5, 0.6) is 5.75 Å². The van der Waals surface area contributed by atoms with Crippen LogP contribution in [0.15, 0.2) is 70.5 Å². The number of piperidine rings is 1. The van der Waals surface area contributed by atoms with E-state index in [0.29, 0.717) is 24.5 Å². The second-order valence-corrected chi connectivity index (χ2v) is 12.6. The van der Waals surface area contributed by atoms with Gasteiger partial charge in [-0.1, -0.05) is 18.2 Å². The minimum Gasteiger partial charge on any atom is -0.496 e. The fourth-order valence-corrected chi connectivity index (χ4v) is 6.66. The van der Waals surface area contributed by atoms with Crippen molar-refractivity contribution in [2.24, 2.45) is 0 Å². The molecule has 1 amide bonds. The number of hydrogen-bond donors (Lipinski definition) is 2. The Labute approximate surface area is 223 Å². The average Bonchev–Trinajstić information content (AvgIpc) is 2.90. The van der Waals surface area contributed by atoms with Gasteiger partial charge in [0.15, 0.2) is 0 Å². The summed E-state index contributed by atoms with van der Waals surface area (Å²) in [6, 6.07) is 15.0. The smallest absolute Gasteiger partial charge is 0.261 e. The summed E-state index contributed by atoms with van der Waals surface area (Å²) in [7, 11) is -6.53. The molecule has 11 heteroatoms. The van der Waals surface area contributed by atoms with Gasteiger partial charge in [-0.2, -0.15) is 0 Å². The molecule has 0 spiro atoms. The van der Waals surface area contributed by atoms with E-state index in [1.165, 1.54) is 49.6 Å². The summed E-state index contributed by atoms with van der Waals surface area (Å²) in [5, 5.41) is 0. The van der Waals surface area contributed by atoms with E-state index in [1.807, 2.05) is 32.0 Å². The van der Waals surface area contributed by atoms with Crippen molar-refractivity contribution in [3.63, 3.8) is 0 Å². The van der Waals surface area contributed by atoms with Gasteiger partial charge in [-0.25, -0.2) is 16.8 Å². The first-order valence-corrected chi connectivity index (χ1v) is 15.2. The van der Waals surface area contributed by atoms with Crippen LogP contribution in [0.1, 0.15) is 40.7 Å². The Balaban J connectivity index is 1.55. The first-order chi connectivity index (χ1) is 18.0. The average molecular weight is 558 g/mol. The number of nitrogens with one attached hydrogen (secondary N) is 2. The van der Waals surface area contributed by atoms with Crippen LogP contribution < -0.4 is 14.2 Å². The number of hydrogen-bond acceptors (Lipinski definition) is 6. The zero-order valence-corrected chi connectivity index (χ0v) is 23.2. The van der Waals surface area contributed by atoms with Gasteiger partial charge in [0.2, 0.25) is 0 Å². The number of sulfonamides is 2. The largest absolute Gasteiger partial charge is 0.496 e. The molecule has 0 unspecified atom stereocenters. The lowest BCUT2D eigenvalue weighted by Gasteiger charge is -2.27. The molecule has 4 rings (SSSR count). The number of anilines is 2. The van der Waals surface area contributed by atoms with Crippen LogP contribution in [0.25, 0.3) is 0 Å². The van der Waals surface area contributed by atoms with Crippen LogP contribution >= 0.6 is 0 Å². The predicted molar refractivity (Wildman–Crippen MR) is 147 cm³/mol. The molecule has 1 saturated heterocycles. The number of aryl methyl sites for hydroxylation is 2. The number of amides is 1. The Morgan fingerprint density at radius 1 is 0.789 bits per heavy atom. The molecule has 3 aromatic carbocycles. The van der Waals surface area contributed by atoms with Gasteiger partial charge in [0.25, 0.3) is 26.0 Å². The summed E-state index contributed by atoms with van der Waals surface area (Å²) < 4.78 is 62.5. The van der Waals surface area contributed by atoms with Crippen molar-refractivity contribution in [3.05, 3.63) is 77.4 Å². The maximum atomic E-state index is 13.1. The number of para-hydroxylation sites is 1. The Morgan fingerprint density at radius 2 is 1.37 bits per heavy atom. The van der Waals surface area contributed by atoms with Gasteiger partial charge in [-0.3, -0.25) is 14.2 Å². The molecule has 1 aliphatic rings. The Kier molecular flexibility index (Phi) is 7.98. The quantitative estimate of drug-likeness (QED) is 0.419. The third-order valence-corrected chi connectivity index (χ3v) is 9.23. The van der Waals surface area contributed by atoms with Crippen molar-refractivity contribution >= 4 is 37.3 Å². The summed E-state index contributed by atoms with van der Waals surface area (Å²) in [6.07, 6.45) is 2.86. The Hall–Kier alpha value is -3.57. The van der Waals surface area contributed by atoms with Gasteiger partial charge in [-0.05, 0) is 86.7 Å². The molecule has 1 fully saturated rings. The zero-order chi connectivity index (χ0) is 27.5. The fourth-order valence-electron chi connectivity index (χ4n) is 4.37. The molecule has 0 bridgehead atoms. The lowest BCUT2D eigenvalue weighted by molar-refractivity contribution is 0.0720. The SMILES string of the molecule is COc1ccc(S(=O)(=O)Nc2ccc(S(=O)(=O)Nc3c(C)cccc3C)cc2)cc1C(=O)N1CCCCC1.